The Morgan fingerprint density at radius 2 is 0.923 bits per heavy atom. The first kappa shape index (κ1) is 27.4. The van der Waals surface area contributed by atoms with Gasteiger partial charge in [0.1, 0.15) is 5.36 Å². The van der Waals surface area contributed by atoms with E-state index >= 15 is 0 Å². The van der Waals surface area contributed by atoms with Gasteiger partial charge in [-0.15, -0.1) is 0 Å². The van der Waals surface area contributed by atoms with Gasteiger partial charge in [0, 0.05) is 24.2 Å². The molecule has 4 heteroatoms. The average Bonchev–Trinajstić information content (AvgIpc) is 3.70. The molecule has 0 amide bonds. The highest BCUT2D eigenvalue weighted by molar-refractivity contribution is 5.86. The number of nitrogens with zero attached hydrogens (tertiary/aromatic N) is 3. The summed E-state index contributed by atoms with van der Waals surface area (Å²) in [5, 5.41) is 11.8. The zero-order chi connectivity index (χ0) is 26.4. The Labute approximate surface area is 237 Å². The summed E-state index contributed by atoms with van der Waals surface area (Å²) in [5.41, 5.74) is 4.17. The molecule has 4 saturated carbocycles. The van der Waals surface area contributed by atoms with Gasteiger partial charge in [-0.1, -0.05) is 107 Å². The first-order valence-corrected chi connectivity index (χ1v) is 16.9. The van der Waals surface area contributed by atoms with Crippen molar-refractivity contribution < 1.29 is 5.11 Å². The van der Waals surface area contributed by atoms with Gasteiger partial charge in [-0.3, -0.25) is 4.99 Å². The van der Waals surface area contributed by atoms with Crippen LogP contribution in [0.25, 0.3) is 0 Å². The Kier molecular flexibility index (Phi) is 9.29. The van der Waals surface area contributed by atoms with Crippen molar-refractivity contribution in [2.45, 2.75) is 159 Å². The smallest absolute Gasteiger partial charge is 0.109 e. The van der Waals surface area contributed by atoms with E-state index in [0.717, 1.165) is 5.56 Å². The largest absolute Gasteiger partial charge is 0.394 e. The quantitative estimate of drug-likeness (QED) is 0.355. The molecule has 4 aliphatic carbocycles. The van der Waals surface area contributed by atoms with E-state index in [1.165, 1.54) is 145 Å². The maximum atomic E-state index is 10.5. The van der Waals surface area contributed by atoms with Gasteiger partial charge in [-0.2, -0.15) is 0 Å². The molecule has 0 unspecified atom stereocenters. The van der Waals surface area contributed by atoms with E-state index in [9.17, 15) is 5.11 Å². The molecule has 2 aromatic carbocycles. The van der Waals surface area contributed by atoms with Crippen LogP contribution < -0.4 is 15.2 Å². The minimum Gasteiger partial charge on any atom is -0.394 e. The maximum absolute atomic E-state index is 10.5. The number of hydrogen-bond donors (Lipinski definition) is 1. The lowest BCUT2D eigenvalue weighted by Gasteiger charge is -2.44. The molecule has 0 aliphatic heterocycles. The zero-order valence-corrected chi connectivity index (χ0v) is 24.4. The third-order valence-corrected chi connectivity index (χ3v) is 10.6. The van der Waals surface area contributed by atoms with Gasteiger partial charge in [0.25, 0.3) is 0 Å². The van der Waals surface area contributed by atoms with Crippen LogP contribution in [0.15, 0.2) is 35.3 Å². The minimum absolute atomic E-state index is 0.0772. The van der Waals surface area contributed by atoms with Crippen LogP contribution in [0.2, 0.25) is 0 Å². The first-order valence-electron chi connectivity index (χ1n) is 16.9. The summed E-state index contributed by atoms with van der Waals surface area (Å²) in [4.78, 5) is 11.4. The summed E-state index contributed by atoms with van der Waals surface area (Å²) in [6.45, 7) is 0.0772. The van der Waals surface area contributed by atoms with Crippen molar-refractivity contribution in [3.05, 3.63) is 41.3 Å². The predicted octanol–water partition coefficient (Wildman–Crippen LogP) is 8.14. The Balaban J connectivity index is 1.44. The van der Waals surface area contributed by atoms with Crippen LogP contribution in [0.1, 0.15) is 140 Å². The van der Waals surface area contributed by atoms with Crippen LogP contribution in [0.4, 0.5) is 11.4 Å². The van der Waals surface area contributed by atoms with Crippen LogP contribution in [0.3, 0.4) is 0 Å². The summed E-state index contributed by atoms with van der Waals surface area (Å²) in [5.74, 6) is 0. The second-order valence-electron chi connectivity index (χ2n) is 13.3. The first-order chi connectivity index (χ1) is 19.3. The molecule has 2 aromatic rings. The Bertz CT molecular complexity index is 925. The standard InChI is InChI=1S/C35H53N3O/c39-26-32(27-16-6-1-7-17-27)36-33-34(37(28-18-8-2-9-19-28)29-20-10-3-11-21-29)35(33)38(30-22-12-4-13-23-30)31-24-14-5-15-25-31/h1,6-7,16-17,28-32,39H,2-5,8-15,18-26H2/t32-/m1/s1. The van der Waals surface area contributed by atoms with E-state index in [4.69, 9.17) is 4.99 Å². The van der Waals surface area contributed by atoms with Crippen LogP contribution >= 0.6 is 0 Å². The molecule has 0 spiro atoms. The second-order valence-corrected chi connectivity index (χ2v) is 13.3. The van der Waals surface area contributed by atoms with E-state index in [-0.39, 0.29) is 12.6 Å². The van der Waals surface area contributed by atoms with Crippen molar-refractivity contribution in [1.82, 2.24) is 0 Å². The molecular weight excluding hydrogens is 478 g/mol. The summed E-state index contributed by atoms with van der Waals surface area (Å²) >= 11 is 0. The number of aliphatic hydroxyl groups excluding tert-OH is 1. The molecule has 1 N–H and O–H groups in total. The zero-order valence-electron chi connectivity index (χ0n) is 24.4. The van der Waals surface area contributed by atoms with Crippen molar-refractivity contribution >= 4 is 11.4 Å². The van der Waals surface area contributed by atoms with E-state index in [1.807, 2.05) is 0 Å². The molecular formula is C35H53N3O. The SMILES string of the molecule is OC[C@@H](N=c1c(N(C2CCCCC2)C2CCCCC2)c1N(C1CCCCC1)C1CCCCC1)c1ccccc1. The highest BCUT2D eigenvalue weighted by Gasteiger charge is 2.42. The molecule has 0 bridgehead atoms. The van der Waals surface area contributed by atoms with Gasteiger partial charge in [0.05, 0.1) is 24.0 Å². The minimum atomic E-state index is -0.173. The third kappa shape index (κ3) is 6.26. The van der Waals surface area contributed by atoms with Crippen molar-refractivity contribution in [3.63, 3.8) is 0 Å². The number of rotatable bonds is 9. The van der Waals surface area contributed by atoms with Crippen molar-refractivity contribution in [2.75, 3.05) is 16.4 Å². The molecule has 214 valence electrons. The molecule has 4 nitrogen and oxygen atoms in total. The number of benzene rings is 1. The third-order valence-electron chi connectivity index (χ3n) is 10.6. The summed E-state index contributed by atoms with van der Waals surface area (Å²) in [6, 6.07) is 13.0. The molecule has 4 fully saturated rings. The molecule has 0 heterocycles. The van der Waals surface area contributed by atoms with E-state index in [1.54, 1.807) is 0 Å². The molecule has 0 aromatic heterocycles. The van der Waals surface area contributed by atoms with E-state index < -0.39 is 0 Å². The number of aliphatic hydroxyl groups is 1. The Hall–Kier alpha value is -1.81. The summed E-state index contributed by atoms with van der Waals surface area (Å²) < 4.78 is 0. The normalized spacial score (nSPS) is 23.6. The van der Waals surface area contributed by atoms with Crippen molar-refractivity contribution in [2.24, 2.45) is 4.99 Å². The lowest BCUT2D eigenvalue weighted by molar-refractivity contribution is 0.267. The highest BCUT2D eigenvalue weighted by atomic mass is 16.3. The van der Waals surface area contributed by atoms with Gasteiger partial charge >= 0.3 is 0 Å². The second kappa shape index (κ2) is 13.2. The van der Waals surface area contributed by atoms with Gasteiger partial charge in [-0.05, 0) is 56.9 Å². The molecule has 39 heavy (non-hydrogen) atoms. The number of anilines is 2. The molecule has 1 atom stereocenters. The average molecular weight is 532 g/mol. The fourth-order valence-corrected chi connectivity index (χ4v) is 8.59. The topological polar surface area (TPSA) is 39.1 Å². The highest BCUT2D eigenvalue weighted by Crippen LogP contribution is 2.46. The predicted molar refractivity (Wildman–Crippen MR) is 163 cm³/mol. The Morgan fingerprint density at radius 1 is 0.564 bits per heavy atom. The van der Waals surface area contributed by atoms with Gasteiger partial charge in [0.2, 0.25) is 0 Å². The molecule has 4 aliphatic rings. The van der Waals surface area contributed by atoms with E-state index in [2.05, 4.69) is 40.1 Å². The summed E-state index contributed by atoms with van der Waals surface area (Å²) in [6.07, 6.45) is 27.4. The fourth-order valence-electron chi connectivity index (χ4n) is 8.59. The number of hydrogen-bond acceptors (Lipinski definition) is 4. The van der Waals surface area contributed by atoms with E-state index in [0.29, 0.717) is 24.2 Å². The monoisotopic (exact) mass is 531 g/mol. The van der Waals surface area contributed by atoms with Crippen LogP contribution in [-0.4, -0.2) is 35.9 Å². The molecule has 0 radical (unpaired) electrons. The van der Waals surface area contributed by atoms with Gasteiger partial charge in [0.15, 0.2) is 0 Å². The fraction of sp³-hybridized carbons (Fsp3) is 0.743. The molecule has 0 saturated heterocycles. The van der Waals surface area contributed by atoms with Crippen molar-refractivity contribution in [3.8, 4) is 0 Å². The van der Waals surface area contributed by atoms with Crippen LogP contribution in [0, 0.1) is 0 Å². The summed E-state index contributed by atoms with van der Waals surface area (Å²) in [7, 11) is 0. The molecule has 6 rings (SSSR count). The lowest BCUT2D eigenvalue weighted by Crippen LogP contribution is -2.46. The van der Waals surface area contributed by atoms with Crippen LogP contribution in [0.5, 0.6) is 0 Å². The lowest BCUT2D eigenvalue weighted by atomic mass is 9.88. The van der Waals surface area contributed by atoms with Gasteiger partial charge < -0.3 is 14.9 Å². The van der Waals surface area contributed by atoms with Crippen molar-refractivity contribution in [1.29, 1.82) is 0 Å². The Morgan fingerprint density at radius 3 is 1.26 bits per heavy atom. The van der Waals surface area contributed by atoms with Gasteiger partial charge in [-0.25, -0.2) is 0 Å². The van der Waals surface area contributed by atoms with Crippen LogP contribution in [-0.2, 0) is 0 Å². The maximum Gasteiger partial charge on any atom is 0.109 e.